The Balaban J connectivity index is 0.000000456. The Hall–Kier alpha value is -3.01. The summed E-state index contributed by atoms with van der Waals surface area (Å²) in [5.74, 6) is -1.42. The van der Waals surface area contributed by atoms with Gasteiger partial charge in [0, 0.05) is 18.5 Å². The third-order valence-corrected chi connectivity index (χ3v) is 5.75. The Kier molecular flexibility index (Phi) is 12.2. The van der Waals surface area contributed by atoms with Gasteiger partial charge < -0.3 is 31.5 Å². The molecular formula is C26H38N4O5. The third-order valence-electron chi connectivity index (χ3n) is 5.75. The molecule has 3 unspecified atom stereocenters. The van der Waals surface area contributed by atoms with Gasteiger partial charge >= 0.3 is 5.97 Å². The van der Waals surface area contributed by atoms with Crippen molar-refractivity contribution in [3.63, 3.8) is 0 Å². The van der Waals surface area contributed by atoms with E-state index in [1.54, 1.807) is 30.3 Å². The summed E-state index contributed by atoms with van der Waals surface area (Å²) in [6.07, 6.45) is 7.97. The summed E-state index contributed by atoms with van der Waals surface area (Å²) in [7, 11) is 0. The summed E-state index contributed by atoms with van der Waals surface area (Å²) >= 11 is 0. The quantitative estimate of drug-likeness (QED) is 0.173. The molecule has 2 fully saturated rings. The average Bonchev–Trinajstić information content (AvgIpc) is 3.54. The molecule has 192 valence electrons. The van der Waals surface area contributed by atoms with Crippen LogP contribution in [0.2, 0.25) is 0 Å². The highest BCUT2D eigenvalue weighted by atomic mass is 16.6. The first-order valence-corrected chi connectivity index (χ1v) is 12.1. The molecular weight excluding hydrogens is 448 g/mol. The van der Waals surface area contributed by atoms with E-state index in [1.807, 2.05) is 6.08 Å². The zero-order valence-electron chi connectivity index (χ0n) is 20.4. The van der Waals surface area contributed by atoms with Crippen LogP contribution < -0.4 is 21.7 Å². The summed E-state index contributed by atoms with van der Waals surface area (Å²) in [6, 6.07) is 5.67. The lowest BCUT2D eigenvalue weighted by Crippen LogP contribution is -2.49. The Bertz CT molecular complexity index is 874. The zero-order valence-corrected chi connectivity index (χ0v) is 20.4. The molecule has 2 heterocycles. The number of allylic oxidation sites excluding steroid dienone is 2. The number of nitrogens with one attached hydrogen (secondary N) is 3. The van der Waals surface area contributed by atoms with Crippen molar-refractivity contribution < 1.29 is 24.2 Å². The molecule has 2 amide bonds. The van der Waals surface area contributed by atoms with Gasteiger partial charge in [-0.05, 0) is 69.0 Å². The number of aliphatic carboxylic acids is 1. The highest BCUT2D eigenvalue weighted by Crippen LogP contribution is 2.18. The molecule has 2 aliphatic heterocycles. The van der Waals surface area contributed by atoms with Crippen LogP contribution in [0.1, 0.15) is 44.6 Å². The number of benzene rings is 1. The minimum atomic E-state index is -1.07. The molecule has 1 aromatic rings. The summed E-state index contributed by atoms with van der Waals surface area (Å²) in [4.78, 5) is 35.4. The predicted octanol–water partition coefficient (Wildman–Crippen LogP) is 2.14. The van der Waals surface area contributed by atoms with Crippen LogP contribution in [0.4, 0.5) is 5.69 Å². The van der Waals surface area contributed by atoms with E-state index in [-0.39, 0.29) is 24.3 Å². The number of ether oxygens (including phenoxy) is 1. The maximum atomic E-state index is 12.1. The maximum absolute atomic E-state index is 12.1. The maximum Gasteiger partial charge on any atom is 0.326 e. The van der Waals surface area contributed by atoms with E-state index in [9.17, 15) is 19.5 Å². The van der Waals surface area contributed by atoms with E-state index < -0.39 is 12.0 Å². The van der Waals surface area contributed by atoms with Gasteiger partial charge in [0.1, 0.15) is 12.1 Å². The molecule has 2 aliphatic rings. The van der Waals surface area contributed by atoms with E-state index >= 15 is 0 Å². The van der Waals surface area contributed by atoms with Crippen molar-refractivity contribution in [1.82, 2.24) is 10.6 Å². The van der Waals surface area contributed by atoms with Gasteiger partial charge in [-0.3, -0.25) is 9.59 Å². The molecule has 3 rings (SSSR count). The number of epoxide rings is 1. The first kappa shape index (κ1) is 28.2. The van der Waals surface area contributed by atoms with Crippen molar-refractivity contribution in [3.8, 4) is 0 Å². The van der Waals surface area contributed by atoms with E-state index in [1.165, 1.54) is 5.57 Å². The monoisotopic (exact) mass is 486 g/mol. The van der Waals surface area contributed by atoms with Gasteiger partial charge in [-0.15, -0.1) is 0 Å². The number of anilines is 1. The average molecular weight is 487 g/mol. The lowest BCUT2D eigenvalue weighted by molar-refractivity contribution is -0.142. The van der Waals surface area contributed by atoms with Gasteiger partial charge in [-0.25, -0.2) is 4.79 Å². The molecule has 1 aromatic carbocycles. The topological polar surface area (TPSA) is 146 Å². The molecule has 9 heteroatoms. The minimum Gasteiger partial charge on any atom is -0.480 e. The van der Waals surface area contributed by atoms with Gasteiger partial charge in [0.05, 0.1) is 12.6 Å². The van der Waals surface area contributed by atoms with Crippen LogP contribution in [0.25, 0.3) is 0 Å². The SMILES string of the molecule is C=C/C=C(\C)C1CO1.NCCCCC(=O)Nc1ccc(CC(NC(=O)C2CCCN2)C(=O)O)cc1. The van der Waals surface area contributed by atoms with Crippen molar-refractivity contribution in [2.24, 2.45) is 5.73 Å². The highest BCUT2D eigenvalue weighted by Gasteiger charge is 2.27. The van der Waals surface area contributed by atoms with Crippen LogP contribution in [-0.2, 0) is 25.5 Å². The Morgan fingerprint density at radius 3 is 2.54 bits per heavy atom. The normalized spacial score (nSPS) is 19.7. The highest BCUT2D eigenvalue weighted by molar-refractivity contribution is 5.90. The molecule has 0 aromatic heterocycles. The molecule has 3 atom stereocenters. The molecule has 0 aliphatic carbocycles. The number of nitrogens with two attached hydrogens (primary N) is 1. The largest absolute Gasteiger partial charge is 0.480 e. The van der Waals surface area contributed by atoms with Gasteiger partial charge in [0.15, 0.2) is 0 Å². The molecule has 2 saturated heterocycles. The van der Waals surface area contributed by atoms with E-state index in [4.69, 9.17) is 10.5 Å². The fraction of sp³-hybridized carbons (Fsp3) is 0.500. The second kappa shape index (κ2) is 15.1. The summed E-state index contributed by atoms with van der Waals surface area (Å²) in [6.45, 7) is 7.88. The second-order valence-corrected chi connectivity index (χ2v) is 8.71. The first-order chi connectivity index (χ1) is 16.8. The molecule has 0 bridgehead atoms. The lowest BCUT2D eigenvalue weighted by Gasteiger charge is -2.18. The third kappa shape index (κ3) is 10.9. The molecule has 0 radical (unpaired) electrons. The second-order valence-electron chi connectivity index (χ2n) is 8.71. The van der Waals surface area contributed by atoms with Crippen molar-refractivity contribution in [1.29, 1.82) is 0 Å². The fourth-order valence-corrected chi connectivity index (χ4v) is 3.60. The number of rotatable bonds is 12. The van der Waals surface area contributed by atoms with E-state index in [0.29, 0.717) is 24.8 Å². The Morgan fingerprint density at radius 2 is 2.00 bits per heavy atom. The standard InChI is InChI=1S/C19H28N4O4.C7H10O/c20-10-2-1-5-17(24)22-14-8-6-13(7-9-14)12-16(19(26)27)23-18(25)15-4-3-11-21-15;1-3-4-6(2)7-5-8-7/h6-9,15-16,21H,1-5,10-12,20H2,(H,22,24)(H,23,25)(H,26,27);3-4,7H,1,5H2,2H3/b;6-4+. The lowest BCUT2D eigenvalue weighted by atomic mass is 10.0. The Morgan fingerprint density at radius 1 is 1.29 bits per heavy atom. The van der Waals surface area contributed by atoms with Gasteiger partial charge in [0.25, 0.3) is 0 Å². The van der Waals surface area contributed by atoms with Gasteiger partial charge in [0.2, 0.25) is 11.8 Å². The fourth-order valence-electron chi connectivity index (χ4n) is 3.60. The molecule has 0 saturated carbocycles. The molecule has 35 heavy (non-hydrogen) atoms. The number of carbonyl (C=O) groups is 3. The number of carbonyl (C=O) groups excluding carboxylic acids is 2. The van der Waals surface area contributed by atoms with Gasteiger partial charge in [-0.2, -0.15) is 0 Å². The summed E-state index contributed by atoms with van der Waals surface area (Å²) in [5.41, 5.74) is 8.11. The van der Waals surface area contributed by atoms with Crippen LogP contribution >= 0.6 is 0 Å². The van der Waals surface area contributed by atoms with E-state index in [2.05, 4.69) is 29.5 Å². The minimum absolute atomic E-state index is 0.0732. The number of amides is 2. The smallest absolute Gasteiger partial charge is 0.326 e. The van der Waals surface area contributed by atoms with Gasteiger partial charge in [-0.1, -0.05) is 30.9 Å². The molecule has 9 nitrogen and oxygen atoms in total. The number of hydrogen-bond donors (Lipinski definition) is 5. The van der Waals surface area contributed by atoms with Crippen LogP contribution in [0.3, 0.4) is 0 Å². The Labute approximate surface area is 207 Å². The summed E-state index contributed by atoms with van der Waals surface area (Å²) in [5, 5.41) is 17.9. The zero-order chi connectivity index (χ0) is 25.6. The number of carboxylic acid groups (broad SMARTS) is 1. The van der Waals surface area contributed by atoms with Crippen LogP contribution in [-0.4, -0.2) is 60.8 Å². The predicted molar refractivity (Wildman–Crippen MR) is 136 cm³/mol. The number of hydrogen-bond acceptors (Lipinski definition) is 6. The number of carboxylic acids is 1. The molecule has 0 spiro atoms. The van der Waals surface area contributed by atoms with E-state index in [0.717, 1.165) is 44.4 Å². The van der Waals surface area contributed by atoms with Crippen molar-refractivity contribution >= 4 is 23.5 Å². The van der Waals surface area contributed by atoms with Crippen molar-refractivity contribution in [2.75, 3.05) is 25.0 Å². The van der Waals surface area contributed by atoms with Crippen LogP contribution in [0.5, 0.6) is 0 Å². The van der Waals surface area contributed by atoms with Crippen LogP contribution in [0, 0.1) is 0 Å². The summed E-state index contributed by atoms with van der Waals surface area (Å²) < 4.78 is 5.01. The van der Waals surface area contributed by atoms with Crippen LogP contribution in [0.15, 0.2) is 48.6 Å². The van der Waals surface area contributed by atoms with Crippen molar-refractivity contribution in [2.45, 2.75) is 63.6 Å². The molecule has 6 N–H and O–H groups in total. The first-order valence-electron chi connectivity index (χ1n) is 12.1. The van der Waals surface area contributed by atoms with Crippen molar-refractivity contribution in [3.05, 3.63) is 54.1 Å². The number of unbranched alkanes of at least 4 members (excludes halogenated alkanes) is 1.